The van der Waals surface area contributed by atoms with Gasteiger partial charge >= 0.3 is 12.1 Å². The van der Waals surface area contributed by atoms with Crippen LogP contribution in [0.4, 0.5) is 13.2 Å². The molecule has 0 saturated carbocycles. The molecule has 0 atom stereocenters. The second-order valence-corrected chi connectivity index (χ2v) is 3.00. The van der Waals surface area contributed by atoms with Crippen LogP contribution in [0, 0.1) is 0 Å². The van der Waals surface area contributed by atoms with E-state index in [1.807, 2.05) is 23.4 Å². The summed E-state index contributed by atoms with van der Waals surface area (Å²) in [5.74, 6) is -2.76. The highest BCUT2D eigenvalue weighted by Gasteiger charge is 2.38. The maximum atomic E-state index is 10.6. The summed E-state index contributed by atoms with van der Waals surface area (Å²) in [6, 6.07) is 0. The second kappa shape index (κ2) is 6.62. The summed E-state index contributed by atoms with van der Waals surface area (Å²) in [7, 11) is 0. The average molecular weight is 250 g/mol. The monoisotopic (exact) mass is 250 g/mol. The number of hydrogen-bond donors (Lipinski definition) is 1. The second-order valence-electron chi connectivity index (χ2n) is 3.00. The molecule has 0 aliphatic carbocycles. The number of halogens is 3. The lowest BCUT2D eigenvalue weighted by Crippen LogP contribution is -2.21. The Bertz CT molecular complexity index is 313. The van der Waals surface area contributed by atoms with E-state index in [2.05, 4.69) is 18.1 Å². The van der Waals surface area contributed by atoms with Gasteiger partial charge in [0.05, 0.1) is 6.67 Å². The molecule has 0 bridgehead atoms. The normalized spacial score (nSPS) is 14.1. The van der Waals surface area contributed by atoms with Crippen molar-refractivity contribution in [1.29, 1.82) is 0 Å². The molecule has 1 N–H and O–H groups in total. The number of hydrogen-bond acceptors (Lipinski definition) is 3. The molecule has 0 aromatic rings. The quantitative estimate of drug-likeness (QED) is 0.778. The fraction of sp³-hybridized carbons (Fsp3) is 0.300. The van der Waals surface area contributed by atoms with Gasteiger partial charge in [0.2, 0.25) is 0 Å². The van der Waals surface area contributed by atoms with Gasteiger partial charge in [-0.2, -0.15) is 13.2 Å². The Labute approximate surface area is 96.9 Å². The predicted molar refractivity (Wildman–Crippen MR) is 56.6 cm³/mol. The third-order valence-electron chi connectivity index (χ3n) is 1.65. The smallest absolute Gasteiger partial charge is 0.475 e. The molecular formula is C10H13F3N2O2. The minimum absolute atomic E-state index is 0.898. The summed E-state index contributed by atoms with van der Waals surface area (Å²) in [6.45, 7) is 9.12. The summed E-state index contributed by atoms with van der Waals surface area (Å²) in [6.07, 6.45) is 2.64. The molecule has 1 rings (SSSR count). The number of alkyl halides is 3. The Hall–Kier alpha value is -1.92. The third kappa shape index (κ3) is 6.29. The van der Waals surface area contributed by atoms with Gasteiger partial charge in [-0.1, -0.05) is 12.7 Å². The van der Waals surface area contributed by atoms with Gasteiger partial charge in [-0.25, -0.2) is 4.79 Å². The van der Waals surface area contributed by atoms with Crippen molar-refractivity contribution >= 4 is 5.97 Å². The van der Waals surface area contributed by atoms with E-state index >= 15 is 0 Å². The number of carboxylic acids is 1. The van der Waals surface area contributed by atoms with Crippen LogP contribution in [0.1, 0.15) is 0 Å². The number of carbonyl (C=O) groups is 1. The van der Waals surface area contributed by atoms with Gasteiger partial charge in [0, 0.05) is 18.9 Å². The Morgan fingerprint density at radius 3 is 2.24 bits per heavy atom. The number of aliphatic carboxylic acids is 1. The Morgan fingerprint density at radius 2 is 1.94 bits per heavy atom. The Morgan fingerprint density at radius 1 is 1.41 bits per heavy atom. The van der Waals surface area contributed by atoms with E-state index in [9.17, 15) is 13.2 Å². The van der Waals surface area contributed by atoms with Crippen LogP contribution in [-0.4, -0.2) is 40.3 Å². The van der Waals surface area contributed by atoms with Crippen molar-refractivity contribution in [1.82, 2.24) is 9.80 Å². The first-order chi connectivity index (χ1) is 7.81. The van der Waals surface area contributed by atoms with Crippen molar-refractivity contribution in [3.8, 4) is 0 Å². The zero-order valence-electron chi connectivity index (χ0n) is 9.02. The van der Waals surface area contributed by atoms with E-state index in [0.29, 0.717) is 0 Å². The lowest BCUT2D eigenvalue weighted by molar-refractivity contribution is -0.192. The van der Waals surface area contributed by atoms with Crippen LogP contribution >= 0.6 is 0 Å². The van der Waals surface area contributed by atoms with Gasteiger partial charge in [-0.3, -0.25) is 0 Å². The minimum Gasteiger partial charge on any atom is -0.475 e. The highest BCUT2D eigenvalue weighted by Crippen LogP contribution is 2.13. The van der Waals surface area contributed by atoms with E-state index in [1.54, 1.807) is 6.20 Å². The molecule has 4 nitrogen and oxygen atoms in total. The van der Waals surface area contributed by atoms with E-state index in [1.165, 1.54) is 0 Å². The summed E-state index contributed by atoms with van der Waals surface area (Å²) in [5.41, 5.74) is 0. The summed E-state index contributed by atoms with van der Waals surface area (Å²) in [5, 5.41) is 7.12. The molecular weight excluding hydrogens is 237 g/mol. The molecule has 1 aliphatic heterocycles. The summed E-state index contributed by atoms with van der Waals surface area (Å²) < 4.78 is 31.7. The van der Waals surface area contributed by atoms with Crippen molar-refractivity contribution < 1.29 is 23.1 Å². The zero-order chi connectivity index (χ0) is 13.5. The lowest BCUT2D eigenvalue weighted by Gasteiger charge is -2.15. The van der Waals surface area contributed by atoms with Gasteiger partial charge < -0.3 is 14.9 Å². The summed E-state index contributed by atoms with van der Waals surface area (Å²) in [4.78, 5) is 13.1. The van der Waals surface area contributed by atoms with Crippen LogP contribution in [0.5, 0.6) is 0 Å². The lowest BCUT2D eigenvalue weighted by atomic mass is 10.6. The van der Waals surface area contributed by atoms with Gasteiger partial charge in [0.15, 0.2) is 0 Å². The highest BCUT2D eigenvalue weighted by atomic mass is 19.4. The molecule has 0 saturated heterocycles. The van der Waals surface area contributed by atoms with E-state index in [0.717, 1.165) is 13.2 Å². The molecule has 0 spiro atoms. The van der Waals surface area contributed by atoms with Crippen molar-refractivity contribution in [2.45, 2.75) is 6.18 Å². The maximum Gasteiger partial charge on any atom is 0.490 e. The van der Waals surface area contributed by atoms with Crippen molar-refractivity contribution in [3.05, 3.63) is 37.8 Å². The molecule has 0 aromatic heterocycles. The summed E-state index contributed by atoms with van der Waals surface area (Å²) >= 11 is 0. The van der Waals surface area contributed by atoms with E-state index < -0.39 is 12.1 Å². The van der Waals surface area contributed by atoms with Crippen molar-refractivity contribution in [2.24, 2.45) is 0 Å². The van der Waals surface area contributed by atoms with Crippen LogP contribution in [0.2, 0.25) is 0 Å². The van der Waals surface area contributed by atoms with E-state index in [4.69, 9.17) is 9.90 Å². The predicted octanol–water partition coefficient (Wildman–Crippen LogP) is 2.00. The first-order valence-corrected chi connectivity index (χ1v) is 4.53. The number of rotatable bonds is 3. The van der Waals surface area contributed by atoms with Gasteiger partial charge in [0.1, 0.15) is 0 Å². The van der Waals surface area contributed by atoms with Crippen LogP contribution in [0.15, 0.2) is 37.8 Å². The van der Waals surface area contributed by atoms with Crippen LogP contribution in [-0.2, 0) is 4.79 Å². The van der Waals surface area contributed by atoms with Crippen LogP contribution in [0.25, 0.3) is 0 Å². The molecule has 0 fully saturated rings. The topological polar surface area (TPSA) is 43.8 Å². The molecule has 1 aliphatic rings. The number of carboxylic acid groups (broad SMARTS) is 1. The average Bonchev–Trinajstić information content (AvgIpc) is 2.66. The van der Waals surface area contributed by atoms with Gasteiger partial charge in [-0.15, -0.1) is 6.58 Å². The fourth-order valence-corrected chi connectivity index (χ4v) is 0.887. The minimum atomic E-state index is -5.08. The first-order valence-electron chi connectivity index (χ1n) is 4.53. The van der Waals surface area contributed by atoms with Gasteiger partial charge in [-0.05, 0) is 6.20 Å². The molecule has 0 unspecified atom stereocenters. The van der Waals surface area contributed by atoms with Crippen LogP contribution in [0.3, 0.4) is 0 Å². The van der Waals surface area contributed by atoms with Crippen LogP contribution < -0.4 is 0 Å². The molecule has 17 heavy (non-hydrogen) atoms. The first kappa shape index (κ1) is 15.1. The Kier molecular flexibility index (Phi) is 5.87. The molecule has 7 heteroatoms. The standard InChI is InChI=1S/C8H12N2.C2HF3O2/c1-3-5-10-7-6-9(4-2)8-10;3-2(4,5)1(6)7/h3-4,6-7H,1-2,5,8H2;(H,6,7). The molecule has 0 amide bonds. The SMILES string of the molecule is C=CCN1C=CN(C=C)C1.O=C(O)C(F)(F)F. The van der Waals surface area contributed by atoms with E-state index in [-0.39, 0.29) is 0 Å². The molecule has 0 radical (unpaired) electrons. The molecule has 0 aromatic carbocycles. The molecule has 96 valence electrons. The fourth-order valence-electron chi connectivity index (χ4n) is 0.887. The van der Waals surface area contributed by atoms with Crippen molar-refractivity contribution in [3.63, 3.8) is 0 Å². The van der Waals surface area contributed by atoms with Gasteiger partial charge in [0.25, 0.3) is 0 Å². The number of nitrogens with zero attached hydrogens (tertiary/aromatic N) is 2. The third-order valence-corrected chi connectivity index (χ3v) is 1.65. The molecule has 1 heterocycles. The van der Waals surface area contributed by atoms with Crippen molar-refractivity contribution in [2.75, 3.05) is 13.2 Å². The maximum absolute atomic E-state index is 10.6. The largest absolute Gasteiger partial charge is 0.490 e. The zero-order valence-corrected chi connectivity index (χ0v) is 9.02. The Balaban J connectivity index is 0.000000325. The highest BCUT2D eigenvalue weighted by molar-refractivity contribution is 5.73.